The van der Waals surface area contributed by atoms with Gasteiger partial charge in [0.15, 0.2) is 5.65 Å². The van der Waals surface area contributed by atoms with Gasteiger partial charge in [-0.2, -0.15) is 5.10 Å². The molecule has 7 heteroatoms. The number of imidazole rings is 1. The number of hydrogen-bond donors (Lipinski definition) is 0. The van der Waals surface area contributed by atoms with Gasteiger partial charge < -0.3 is 4.57 Å². The SMILES string of the molecule is CCn1nc(C)c2nc(C(C)Cl)n(CCc3cscn3)c21. The van der Waals surface area contributed by atoms with E-state index in [1.165, 1.54) is 0 Å². The Balaban J connectivity index is 2.06. The summed E-state index contributed by atoms with van der Waals surface area (Å²) in [4.78, 5) is 9.06. The van der Waals surface area contributed by atoms with Crippen LogP contribution in [-0.4, -0.2) is 24.3 Å². The first-order chi connectivity index (χ1) is 10.1. The third-order valence-electron chi connectivity index (χ3n) is 3.56. The van der Waals surface area contributed by atoms with Crippen molar-refractivity contribution < 1.29 is 0 Å². The maximum absolute atomic E-state index is 6.32. The maximum atomic E-state index is 6.32. The van der Waals surface area contributed by atoms with Gasteiger partial charge in [-0.25, -0.2) is 14.6 Å². The van der Waals surface area contributed by atoms with Gasteiger partial charge in [-0.15, -0.1) is 22.9 Å². The normalized spacial score (nSPS) is 13.1. The summed E-state index contributed by atoms with van der Waals surface area (Å²) in [5, 5.41) is 6.51. The fourth-order valence-electron chi connectivity index (χ4n) is 2.57. The summed E-state index contributed by atoms with van der Waals surface area (Å²) in [7, 11) is 0. The minimum atomic E-state index is -0.127. The lowest BCUT2D eigenvalue weighted by molar-refractivity contribution is 0.605. The summed E-state index contributed by atoms with van der Waals surface area (Å²) < 4.78 is 4.19. The highest BCUT2D eigenvalue weighted by Gasteiger charge is 2.20. The van der Waals surface area contributed by atoms with Crippen LogP contribution in [0.2, 0.25) is 0 Å². The molecule has 3 aromatic heterocycles. The molecule has 1 unspecified atom stereocenters. The fourth-order valence-corrected chi connectivity index (χ4v) is 3.33. The van der Waals surface area contributed by atoms with Crippen molar-refractivity contribution in [1.29, 1.82) is 0 Å². The van der Waals surface area contributed by atoms with Gasteiger partial charge in [0.1, 0.15) is 11.3 Å². The minimum absolute atomic E-state index is 0.127. The van der Waals surface area contributed by atoms with E-state index >= 15 is 0 Å². The largest absolute Gasteiger partial charge is 0.311 e. The van der Waals surface area contributed by atoms with E-state index in [-0.39, 0.29) is 5.38 Å². The third kappa shape index (κ3) is 2.58. The van der Waals surface area contributed by atoms with E-state index < -0.39 is 0 Å². The molecule has 0 saturated heterocycles. The highest BCUT2D eigenvalue weighted by atomic mass is 35.5. The highest BCUT2D eigenvalue weighted by molar-refractivity contribution is 7.07. The van der Waals surface area contributed by atoms with Gasteiger partial charge in [-0.05, 0) is 20.8 Å². The van der Waals surface area contributed by atoms with Gasteiger partial charge in [-0.3, -0.25) is 0 Å². The second-order valence-corrected chi connectivity index (χ2v) is 6.41. The van der Waals surface area contributed by atoms with Crippen LogP contribution in [0.3, 0.4) is 0 Å². The summed E-state index contributed by atoms with van der Waals surface area (Å²) in [5.41, 5.74) is 5.95. The molecule has 0 N–H and O–H groups in total. The number of aromatic nitrogens is 5. The monoisotopic (exact) mass is 323 g/mol. The van der Waals surface area contributed by atoms with Crippen LogP contribution in [0.5, 0.6) is 0 Å². The first kappa shape index (κ1) is 14.5. The molecule has 0 bridgehead atoms. The lowest BCUT2D eigenvalue weighted by Gasteiger charge is -2.11. The van der Waals surface area contributed by atoms with Crippen molar-refractivity contribution in [3.8, 4) is 0 Å². The zero-order valence-corrected chi connectivity index (χ0v) is 13.9. The molecule has 3 aromatic rings. The summed E-state index contributed by atoms with van der Waals surface area (Å²) >= 11 is 7.94. The molecule has 0 aliphatic heterocycles. The van der Waals surface area contributed by atoms with E-state index in [0.717, 1.165) is 47.9 Å². The van der Waals surface area contributed by atoms with Crippen molar-refractivity contribution in [1.82, 2.24) is 24.3 Å². The Labute approximate surface area is 132 Å². The maximum Gasteiger partial charge on any atom is 0.158 e. The predicted molar refractivity (Wildman–Crippen MR) is 86.0 cm³/mol. The van der Waals surface area contributed by atoms with Crippen molar-refractivity contribution in [2.24, 2.45) is 0 Å². The van der Waals surface area contributed by atoms with Crippen LogP contribution < -0.4 is 0 Å². The highest BCUT2D eigenvalue weighted by Crippen LogP contribution is 2.26. The van der Waals surface area contributed by atoms with Crippen molar-refractivity contribution in [2.75, 3.05) is 0 Å². The molecule has 3 heterocycles. The Hall–Kier alpha value is -1.40. The number of fused-ring (bicyclic) bond motifs is 1. The number of nitrogens with zero attached hydrogens (tertiary/aromatic N) is 5. The van der Waals surface area contributed by atoms with E-state index in [0.29, 0.717) is 0 Å². The topological polar surface area (TPSA) is 48.5 Å². The number of thiazole rings is 1. The summed E-state index contributed by atoms with van der Waals surface area (Å²) in [6.45, 7) is 7.68. The molecule has 112 valence electrons. The third-order valence-corrected chi connectivity index (χ3v) is 4.39. The van der Waals surface area contributed by atoms with E-state index in [1.54, 1.807) is 11.3 Å². The van der Waals surface area contributed by atoms with Crippen molar-refractivity contribution in [2.45, 2.75) is 45.7 Å². The fraction of sp³-hybridized carbons (Fsp3) is 0.500. The first-order valence-corrected chi connectivity index (χ1v) is 8.44. The standard InChI is InChI=1S/C14H18ClN5S/c1-4-20-14-12(10(3)18-20)17-13(9(2)15)19(14)6-5-11-7-21-8-16-11/h7-9H,4-6H2,1-3H3. The average molecular weight is 324 g/mol. The van der Waals surface area contributed by atoms with Gasteiger partial charge in [0, 0.05) is 24.9 Å². The van der Waals surface area contributed by atoms with Gasteiger partial charge in [0.25, 0.3) is 0 Å². The molecule has 0 saturated carbocycles. The van der Waals surface area contributed by atoms with Gasteiger partial charge >= 0.3 is 0 Å². The van der Waals surface area contributed by atoms with Crippen LogP contribution in [0.1, 0.15) is 36.4 Å². The average Bonchev–Trinajstić information content (AvgIpc) is 3.13. The minimum Gasteiger partial charge on any atom is -0.311 e. The predicted octanol–water partition coefficient (Wildman–Crippen LogP) is 3.56. The van der Waals surface area contributed by atoms with E-state index in [2.05, 4.69) is 27.0 Å². The Morgan fingerprint density at radius 2 is 2.24 bits per heavy atom. The van der Waals surface area contributed by atoms with Crippen LogP contribution in [0.25, 0.3) is 11.2 Å². The molecule has 0 spiro atoms. The molecule has 21 heavy (non-hydrogen) atoms. The lowest BCUT2D eigenvalue weighted by atomic mass is 10.3. The van der Waals surface area contributed by atoms with Gasteiger partial charge in [0.2, 0.25) is 0 Å². The van der Waals surface area contributed by atoms with Crippen LogP contribution in [0, 0.1) is 6.92 Å². The van der Waals surface area contributed by atoms with Crippen LogP contribution in [0.15, 0.2) is 10.9 Å². The molecule has 0 aliphatic carbocycles. The molecule has 0 amide bonds. The molecular formula is C14H18ClN5S. The summed E-state index contributed by atoms with van der Waals surface area (Å²) in [5.74, 6) is 0.907. The second-order valence-electron chi connectivity index (χ2n) is 5.04. The van der Waals surface area contributed by atoms with Crippen molar-refractivity contribution in [3.63, 3.8) is 0 Å². The van der Waals surface area contributed by atoms with Crippen molar-refractivity contribution >= 4 is 34.1 Å². The molecule has 0 aromatic carbocycles. The second kappa shape index (κ2) is 5.77. The molecule has 3 rings (SSSR count). The molecule has 1 atom stereocenters. The molecule has 0 aliphatic rings. The Bertz CT molecular complexity index is 741. The number of aryl methyl sites for hydroxylation is 4. The zero-order chi connectivity index (χ0) is 15.0. The molecular weight excluding hydrogens is 306 g/mol. The van der Waals surface area contributed by atoms with Crippen LogP contribution in [0.4, 0.5) is 0 Å². The molecule has 0 radical (unpaired) electrons. The lowest BCUT2D eigenvalue weighted by Crippen LogP contribution is -2.11. The smallest absolute Gasteiger partial charge is 0.158 e. The Kier molecular flexibility index (Phi) is 3.99. The van der Waals surface area contributed by atoms with Gasteiger partial charge in [-0.1, -0.05) is 0 Å². The Morgan fingerprint density at radius 3 is 2.86 bits per heavy atom. The van der Waals surface area contributed by atoms with E-state index in [4.69, 9.17) is 16.6 Å². The number of halogens is 1. The quantitative estimate of drug-likeness (QED) is 0.674. The number of alkyl halides is 1. The first-order valence-electron chi connectivity index (χ1n) is 7.06. The number of hydrogen-bond acceptors (Lipinski definition) is 4. The van der Waals surface area contributed by atoms with Crippen LogP contribution in [-0.2, 0) is 19.5 Å². The summed E-state index contributed by atoms with van der Waals surface area (Å²) in [6.07, 6.45) is 0.875. The molecule has 0 fully saturated rings. The van der Waals surface area contributed by atoms with E-state index in [1.807, 2.05) is 24.0 Å². The van der Waals surface area contributed by atoms with Gasteiger partial charge in [0.05, 0.1) is 22.3 Å². The number of rotatable bonds is 5. The molecule has 5 nitrogen and oxygen atoms in total. The van der Waals surface area contributed by atoms with Crippen LogP contribution >= 0.6 is 22.9 Å². The summed E-state index contributed by atoms with van der Waals surface area (Å²) in [6, 6.07) is 0. The Morgan fingerprint density at radius 1 is 1.43 bits per heavy atom. The van der Waals surface area contributed by atoms with Crippen molar-refractivity contribution in [3.05, 3.63) is 28.1 Å². The van der Waals surface area contributed by atoms with E-state index in [9.17, 15) is 0 Å². The zero-order valence-electron chi connectivity index (χ0n) is 12.4.